The second-order valence-corrected chi connectivity index (χ2v) is 8.03. The first-order valence-corrected chi connectivity index (χ1v) is 10.8. The molecule has 0 atom stereocenters. The Morgan fingerprint density at radius 3 is 2.06 bits per heavy atom. The summed E-state index contributed by atoms with van der Waals surface area (Å²) in [6, 6.07) is 6.59. The lowest BCUT2D eigenvalue weighted by molar-refractivity contribution is -0.138. The minimum absolute atomic E-state index is 0.00539. The minimum atomic E-state index is -4.59. The number of hydrogen-bond donors (Lipinski definition) is 0. The number of carbonyl (C=O) groups is 2. The molecular weight excluding hydrogens is 437 g/mol. The summed E-state index contributed by atoms with van der Waals surface area (Å²) in [5.41, 5.74) is -1.26. The van der Waals surface area contributed by atoms with Crippen LogP contribution in [-0.2, 0) is 11.0 Å². The molecule has 2 aromatic rings. The Hall–Kier alpha value is -3.21. The highest BCUT2D eigenvalue weighted by molar-refractivity contribution is 5.96. The van der Waals surface area contributed by atoms with E-state index >= 15 is 0 Å². The first-order valence-electron chi connectivity index (χ1n) is 10.8. The maximum Gasteiger partial charge on any atom is 0.417 e. The molecule has 1 aromatic carbocycles. The van der Waals surface area contributed by atoms with E-state index in [0.717, 1.165) is 6.07 Å². The van der Waals surface area contributed by atoms with Gasteiger partial charge in [0, 0.05) is 64.8 Å². The molecule has 0 radical (unpaired) electrons. The summed E-state index contributed by atoms with van der Waals surface area (Å²) < 4.78 is 39.7. The van der Waals surface area contributed by atoms with Crippen LogP contribution in [0.5, 0.6) is 0 Å². The van der Waals surface area contributed by atoms with Gasteiger partial charge in [0.1, 0.15) is 0 Å². The molecule has 3 heterocycles. The Kier molecular flexibility index (Phi) is 6.77. The molecule has 2 aliphatic heterocycles. The molecule has 2 aliphatic rings. The van der Waals surface area contributed by atoms with Crippen LogP contribution in [0.15, 0.2) is 42.7 Å². The number of benzene rings is 1. The van der Waals surface area contributed by atoms with Crippen molar-refractivity contribution in [3.63, 3.8) is 0 Å². The number of nitrogens with zero attached hydrogens (tertiary/aromatic N) is 6. The van der Waals surface area contributed by atoms with E-state index in [1.165, 1.54) is 23.1 Å². The van der Waals surface area contributed by atoms with Gasteiger partial charge in [0.2, 0.25) is 11.9 Å². The summed E-state index contributed by atoms with van der Waals surface area (Å²) in [5, 5.41) is 0. The van der Waals surface area contributed by atoms with E-state index in [1.54, 1.807) is 23.4 Å². The van der Waals surface area contributed by atoms with E-state index in [-0.39, 0.29) is 31.1 Å². The molecule has 8 nitrogen and oxygen atoms in total. The summed E-state index contributed by atoms with van der Waals surface area (Å²) in [6.45, 7) is 4.09. The van der Waals surface area contributed by atoms with Crippen LogP contribution >= 0.6 is 0 Å². The minimum Gasteiger partial charge on any atom is -0.338 e. The first-order chi connectivity index (χ1) is 15.8. The van der Waals surface area contributed by atoms with Crippen molar-refractivity contribution in [2.75, 3.05) is 63.8 Å². The number of halogens is 3. The van der Waals surface area contributed by atoms with Crippen molar-refractivity contribution in [3.05, 3.63) is 53.9 Å². The Morgan fingerprint density at radius 1 is 0.818 bits per heavy atom. The van der Waals surface area contributed by atoms with Gasteiger partial charge in [-0.3, -0.25) is 14.5 Å². The van der Waals surface area contributed by atoms with Gasteiger partial charge in [0.15, 0.2) is 0 Å². The van der Waals surface area contributed by atoms with Crippen molar-refractivity contribution < 1.29 is 22.8 Å². The third kappa shape index (κ3) is 5.41. The second-order valence-electron chi connectivity index (χ2n) is 8.03. The number of aromatic nitrogens is 2. The predicted molar refractivity (Wildman–Crippen MR) is 115 cm³/mol. The monoisotopic (exact) mass is 462 g/mol. The lowest BCUT2D eigenvalue weighted by Gasteiger charge is -2.38. The lowest BCUT2D eigenvalue weighted by atomic mass is 10.1. The SMILES string of the molecule is O=C(CN1CCN(C(=O)c2ccccc2C(F)(F)F)CC1)N1CCN(c2ncccn2)CC1. The average molecular weight is 462 g/mol. The molecule has 4 rings (SSSR count). The maximum atomic E-state index is 13.2. The van der Waals surface area contributed by atoms with Gasteiger partial charge in [-0.2, -0.15) is 13.2 Å². The third-order valence-electron chi connectivity index (χ3n) is 5.95. The fraction of sp³-hybridized carbons (Fsp3) is 0.455. The van der Waals surface area contributed by atoms with Gasteiger partial charge in [-0.25, -0.2) is 9.97 Å². The third-order valence-corrected chi connectivity index (χ3v) is 5.95. The Labute approximate surface area is 189 Å². The molecule has 0 unspecified atom stereocenters. The number of hydrogen-bond acceptors (Lipinski definition) is 6. The molecule has 33 heavy (non-hydrogen) atoms. The normalized spacial score (nSPS) is 17.8. The number of anilines is 1. The highest BCUT2D eigenvalue weighted by Gasteiger charge is 2.36. The van der Waals surface area contributed by atoms with E-state index in [9.17, 15) is 22.8 Å². The van der Waals surface area contributed by atoms with Crippen molar-refractivity contribution in [1.82, 2.24) is 24.7 Å². The topological polar surface area (TPSA) is 72.9 Å². The molecule has 0 spiro atoms. The van der Waals surface area contributed by atoms with Gasteiger partial charge in [0.05, 0.1) is 17.7 Å². The van der Waals surface area contributed by atoms with Crippen LogP contribution in [0.3, 0.4) is 0 Å². The highest BCUT2D eigenvalue weighted by atomic mass is 19.4. The van der Waals surface area contributed by atoms with Crippen molar-refractivity contribution in [2.45, 2.75) is 6.18 Å². The Morgan fingerprint density at radius 2 is 1.42 bits per heavy atom. The van der Waals surface area contributed by atoms with Crippen LogP contribution in [-0.4, -0.2) is 95.4 Å². The zero-order valence-corrected chi connectivity index (χ0v) is 18.0. The fourth-order valence-corrected chi connectivity index (χ4v) is 4.10. The Balaban J connectivity index is 1.26. The summed E-state index contributed by atoms with van der Waals surface area (Å²) in [5.74, 6) is 0.0245. The average Bonchev–Trinajstić information content (AvgIpc) is 2.84. The molecule has 11 heteroatoms. The molecule has 2 amide bonds. The quantitative estimate of drug-likeness (QED) is 0.688. The number of carbonyl (C=O) groups excluding carboxylic acids is 2. The van der Waals surface area contributed by atoms with Crippen molar-refractivity contribution in [3.8, 4) is 0 Å². The molecule has 0 saturated carbocycles. The zero-order valence-electron chi connectivity index (χ0n) is 18.0. The van der Waals surface area contributed by atoms with Crippen molar-refractivity contribution >= 4 is 17.8 Å². The van der Waals surface area contributed by atoms with E-state index in [0.29, 0.717) is 45.2 Å². The molecule has 0 N–H and O–H groups in total. The smallest absolute Gasteiger partial charge is 0.338 e. The summed E-state index contributed by atoms with van der Waals surface area (Å²) in [7, 11) is 0. The lowest BCUT2D eigenvalue weighted by Crippen LogP contribution is -2.54. The van der Waals surface area contributed by atoms with Gasteiger partial charge in [-0.1, -0.05) is 12.1 Å². The molecule has 2 saturated heterocycles. The van der Waals surface area contributed by atoms with E-state index < -0.39 is 17.6 Å². The van der Waals surface area contributed by atoms with Crippen LogP contribution in [0.4, 0.5) is 19.1 Å². The second kappa shape index (κ2) is 9.74. The zero-order chi connectivity index (χ0) is 23.4. The van der Waals surface area contributed by atoms with Crippen molar-refractivity contribution in [1.29, 1.82) is 0 Å². The van der Waals surface area contributed by atoms with Crippen LogP contribution < -0.4 is 4.90 Å². The molecule has 0 aliphatic carbocycles. The van der Waals surface area contributed by atoms with Crippen LogP contribution in [0, 0.1) is 0 Å². The van der Waals surface area contributed by atoms with Gasteiger partial charge in [-0.15, -0.1) is 0 Å². The van der Waals surface area contributed by atoms with Gasteiger partial charge in [-0.05, 0) is 18.2 Å². The predicted octanol–water partition coefficient (Wildman–Crippen LogP) is 1.60. The summed E-state index contributed by atoms with van der Waals surface area (Å²) in [6.07, 6.45) is -1.21. The molecule has 176 valence electrons. The summed E-state index contributed by atoms with van der Waals surface area (Å²) in [4.78, 5) is 41.1. The summed E-state index contributed by atoms with van der Waals surface area (Å²) >= 11 is 0. The number of amides is 2. The largest absolute Gasteiger partial charge is 0.417 e. The molecule has 2 fully saturated rings. The van der Waals surface area contributed by atoms with Crippen LogP contribution in [0.25, 0.3) is 0 Å². The number of alkyl halides is 3. The van der Waals surface area contributed by atoms with E-state index in [2.05, 4.69) is 9.97 Å². The molecule has 1 aromatic heterocycles. The number of piperazine rings is 2. The van der Waals surface area contributed by atoms with E-state index in [1.807, 2.05) is 9.80 Å². The number of rotatable bonds is 4. The standard InChI is InChI=1S/C22H25F3N6O2/c23-22(24,25)18-5-2-1-4-17(18)20(33)30-10-8-28(9-11-30)16-19(32)29-12-14-31(15-13-29)21-26-6-3-7-27-21/h1-7H,8-16H2. The fourth-order valence-electron chi connectivity index (χ4n) is 4.10. The molecular formula is C22H25F3N6O2. The maximum absolute atomic E-state index is 13.2. The first kappa shape index (κ1) is 23.0. The van der Waals surface area contributed by atoms with Crippen LogP contribution in [0.1, 0.15) is 15.9 Å². The molecule has 0 bridgehead atoms. The van der Waals surface area contributed by atoms with E-state index in [4.69, 9.17) is 0 Å². The highest BCUT2D eigenvalue weighted by Crippen LogP contribution is 2.32. The van der Waals surface area contributed by atoms with Gasteiger partial charge >= 0.3 is 6.18 Å². The van der Waals surface area contributed by atoms with Crippen LogP contribution in [0.2, 0.25) is 0 Å². The Bertz CT molecular complexity index is 972. The van der Waals surface area contributed by atoms with Crippen molar-refractivity contribution in [2.24, 2.45) is 0 Å². The van der Waals surface area contributed by atoms with Gasteiger partial charge in [0.25, 0.3) is 5.91 Å². The van der Waals surface area contributed by atoms with Gasteiger partial charge < -0.3 is 14.7 Å².